The van der Waals surface area contributed by atoms with E-state index >= 15 is 0 Å². The zero-order chi connectivity index (χ0) is 17.3. The summed E-state index contributed by atoms with van der Waals surface area (Å²) in [4.78, 5) is 11.1. The van der Waals surface area contributed by atoms with Crippen LogP contribution in [0.15, 0.2) is 35.8 Å². The molecule has 2 aromatic rings. The average Bonchev–Trinajstić information content (AvgIpc) is 3.02. The summed E-state index contributed by atoms with van der Waals surface area (Å²) in [6.07, 6.45) is 4.02. The molecule has 2 fully saturated rings. The minimum Gasteiger partial charge on any atom is -0.305 e. The summed E-state index contributed by atoms with van der Waals surface area (Å²) in [5, 5.41) is 0. The van der Waals surface area contributed by atoms with E-state index < -0.39 is 0 Å². The Morgan fingerprint density at radius 2 is 1.96 bits per heavy atom. The topological polar surface area (TPSA) is 19.4 Å². The second-order valence-electron chi connectivity index (χ2n) is 8.15. The zero-order valence-corrected chi connectivity index (χ0v) is 16.3. The van der Waals surface area contributed by atoms with Crippen molar-refractivity contribution in [3.8, 4) is 0 Å². The Kier molecular flexibility index (Phi) is 4.94. The van der Waals surface area contributed by atoms with Gasteiger partial charge in [0.05, 0.1) is 11.2 Å². The molecule has 4 rings (SSSR count). The maximum absolute atomic E-state index is 4.40. The molecule has 0 saturated carbocycles. The van der Waals surface area contributed by atoms with Crippen LogP contribution < -0.4 is 0 Å². The number of nitrogens with zero attached hydrogens (tertiary/aromatic N) is 3. The Balaban J connectivity index is 1.41. The van der Waals surface area contributed by atoms with Gasteiger partial charge in [0.15, 0.2) is 0 Å². The third-order valence-electron chi connectivity index (χ3n) is 6.22. The van der Waals surface area contributed by atoms with E-state index in [1.807, 2.05) is 16.8 Å². The highest BCUT2D eigenvalue weighted by molar-refractivity contribution is 7.09. The lowest BCUT2D eigenvalue weighted by Gasteiger charge is -2.49. The van der Waals surface area contributed by atoms with Gasteiger partial charge in [0.2, 0.25) is 0 Å². The van der Waals surface area contributed by atoms with E-state index in [1.165, 1.54) is 61.6 Å². The van der Waals surface area contributed by atoms with Crippen molar-refractivity contribution < 1.29 is 0 Å². The van der Waals surface area contributed by atoms with Gasteiger partial charge < -0.3 is 4.90 Å². The summed E-state index contributed by atoms with van der Waals surface area (Å²) in [7, 11) is 2.31. The number of piperidine rings is 2. The number of likely N-dealkylation sites (tertiary alicyclic amines) is 2. The molecule has 2 saturated heterocycles. The number of hydrogen-bond acceptors (Lipinski definition) is 4. The average molecular weight is 356 g/mol. The van der Waals surface area contributed by atoms with E-state index in [4.69, 9.17) is 0 Å². The van der Waals surface area contributed by atoms with Crippen LogP contribution in [-0.4, -0.2) is 48.0 Å². The summed E-state index contributed by atoms with van der Waals surface area (Å²) >= 11 is 1.81. The van der Waals surface area contributed by atoms with Gasteiger partial charge in [-0.2, -0.15) is 0 Å². The molecule has 3 heterocycles. The maximum atomic E-state index is 4.40. The third kappa shape index (κ3) is 3.81. The van der Waals surface area contributed by atoms with Gasteiger partial charge >= 0.3 is 0 Å². The van der Waals surface area contributed by atoms with Crippen LogP contribution in [0.2, 0.25) is 0 Å². The molecular formula is C21H29N3S. The molecule has 1 aromatic carbocycles. The first-order valence-corrected chi connectivity index (χ1v) is 10.4. The van der Waals surface area contributed by atoms with Crippen molar-refractivity contribution >= 4 is 11.3 Å². The lowest BCUT2D eigenvalue weighted by atomic mass is 9.68. The van der Waals surface area contributed by atoms with E-state index in [2.05, 4.69) is 59.1 Å². The molecule has 25 heavy (non-hydrogen) atoms. The first-order valence-electron chi connectivity index (χ1n) is 9.48. The van der Waals surface area contributed by atoms with E-state index in [9.17, 15) is 0 Å². The van der Waals surface area contributed by atoms with Crippen molar-refractivity contribution in [2.75, 3.05) is 33.2 Å². The summed E-state index contributed by atoms with van der Waals surface area (Å²) in [6, 6.07) is 11.2. The van der Waals surface area contributed by atoms with Crippen molar-refractivity contribution in [1.29, 1.82) is 0 Å². The predicted molar refractivity (Wildman–Crippen MR) is 105 cm³/mol. The minimum atomic E-state index is 0.507. The lowest BCUT2D eigenvalue weighted by Crippen LogP contribution is -2.50. The third-order valence-corrected chi connectivity index (χ3v) is 7.14. The fourth-order valence-electron chi connectivity index (χ4n) is 4.84. The Hall–Kier alpha value is -1.23. The van der Waals surface area contributed by atoms with Crippen LogP contribution in [0.1, 0.15) is 41.3 Å². The SMILES string of the molecule is Cc1ncsc1CN1CCC2(CC1)C[C@@H](c1ccccc1)CN(C)C2. The molecule has 0 amide bonds. The Morgan fingerprint density at radius 3 is 2.64 bits per heavy atom. The summed E-state index contributed by atoms with van der Waals surface area (Å²) in [5.41, 5.74) is 5.23. The van der Waals surface area contributed by atoms with Gasteiger partial charge in [0.1, 0.15) is 0 Å². The van der Waals surface area contributed by atoms with Crippen LogP contribution in [0.4, 0.5) is 0 Å². The summed E-state index contributed by atoms with van der Waals surface area (Å²) < 4.78 is 0. The molecule has 1 aromatic heterocycles. The molecule has 0 unspecified atom stereocenters. The van der Waals surface area contributed by atoms with Crippen LogP contribution in [0.5, 0.6) is 0 Å². The number of rotatable bonds is 3. The molecule has 0 aliphatic carbocycles. The molecule has 0 bridgehead atoms. The number of aromatic nitrogens is 1. The molecule has 1 spiro atoms. The monoisotopic (exact) mass is 355 g/mol. The van der Waals surface area contributed by atoms with Gasteiger partial charge in [0.25, 0.3) is 0 Å². The van der Waals surface area contributed by atoms with E-state index in [0.29, 0.717) is 11.3 Å². The van der Waals surface area contributed by atoms with Crippen molar-refractivity contribution in [1.82, 2.24) is 14.8 Å². The standard InChI is InChI=1S/C21H29N3S/c1-17-20(25-16-22-17)14-24-10-8-21(9-11-24)12-19(13-23(2)15-21)18-6-4-3-5-7-18/h3-7,16,19H,8-15H2,1-2H3/t19-/m1/s1. The largest absolute Gasteiger partial charge is 0.305 e. The second-order valence-corrected chi connectivity index (χ2v) is 9.08. The highest BCUT2D eigenvalue weighted by atomic mass is 32.1. The highest BCUT2D eigenvalue weighted by Gasteiger charge is 2.41. The normalized spacial score (nSPS) is 24.6. The van der Waals surface area contributed by atoms with Gasteiger partial charge in [-0.05, 0) is 63.2 Å². The van der Waals surface area contributed by atoms with Gasteiger partial charge in [-0.1, -0.05) is 30.3 Å². The smallest absolute Gasteiger partial charge is 0.0798 e. The first-order chi connectivity index (χ1) is 12.1. The quantitative estimate of drug-likeness (QED) is 0.824. The molecule has 3 nitrogen and oxygen atoms in total. The van der Waals surface area contributed by atoms with Crippen molar-refractivity contribution in [2.45, 2.75) is 38.6 Å². The fraction of sp³-hybridized carbons (Fsp3) is 0.571. The van der Waals surface area contributed by atoms with Crippen LogP contribution >= 0.6 is 11.3 Å². The zero-order valence-electron chi connectivity index (χ0n) is 15.4. The number of hydrogen-bond donors (Lipinski definition) is 0. The summed E-state index contributed by atoms with van der Waals surface area (Å²) in [5.74, 6) is 0.690. The van der Waals surface area contributed by atoms with Crippen LogP contribution in [0.25, 0.3) is 0 Å². The Morgan fingerprint density at radius 1 is 1.20 bits per heavy atom. The van der Waals surface area contributed by atoms with Crippen molar-refractivity contribution in [3.05, 3.63) is 52.0 Å². The number of benzene rings is 1. The molecule has 4 heteroatoms. The maximum Gasteiger partial charge on any atom is 0.0798 e. The van der Waals surface area contributed by atoms with Crippen LogP contribution in [0, 0.1) is 12.3 Å². The number of thiazole rings is 1. The number of aryl methyl sites for hydroxylation is 1. The molecule has 0 radical (unpaired) electrons. The molecule has 2 aliphatic heterocycles. The van der Waals surface area contributed by atoms with Gasteiger partial charge in [-0.15, -0.1) is 11.3 Å². The second kappa shape index (κ2) is 7.18. The summed E-state index contributed by atoms with van der Waals surface area (Å²) in [6.45, 7) is 8.15. The predicted octanol–water partition coefficient (Wildman–Crippen LogP) is 4.15. The number of likely N-dealkylation sites (N-methyl/N-ethyl adjacent to an activating group) is 1. The molecule has 2 aliphatic rings. The van der Waals surface area contributed by atoms with E-state index in [1.54, 1.807) is 0 Å². The van der Waals surface area contributed by atoms with Gasteiger partial charge in [0, 0.05) is 24.5 Å². The van der Waals surface area contributed by atoms with Crippen LogP contribution in [0.3, 0.4) is 0 Å². The van der Waals surface area contributed by atoms with E-state index in [0.717, 1.165) is 6.54 Å². The van der Waals surface area contributed by atoms with Crippen LogP contribution in [-0.2, 0) is 6.54 Å². The molecule has 0 N–H and O–H groups in total. The van der Waals surface area contributed by atoms with Gasteiger partial charge in [-0.3, -0.25) is 4.90 Å². The Labute approximate surface area is 155 Å². The molecular weight excluding hydrogens is 326 g/mol. The lowest BCUT2D eigenvalue weighted by molar-refractivity contribution is 0.0221. The van der Waals surface area contributed by atoms with Crippen molar-refractivity contribution in [2.24, 2.45) is 5.41 Å². The fourth-order valence-corrected chi connectivity index (χ4v) is 5.66. The van der Waals surface area contributed by atoms with E-state index in [-0.39, 0.29) is 0 Å². The minimum absolute atomic E-state index is 0.507. The highest BCUT2D eigenvalue weighted by Crippen LogP contribution is 2.44. The molecule has 1 atom stereocenters. The molecule has 134 valence electrons. The Bertz CT molecular complexity index is 688. The first kappa shape index (κ1) is 17.2. The van der Waals surface area contributed by atoms with Crippen molar-refractivity contribution in [3.63, 3.8) is 0 Å². The van der Waals surface area contributed by atoms with Gasteiger partial charge in [-0.25, -0.2) is 4.98 Å².